The van der Waals surface area contributed by atoms with Gasteiger partial charge < -0.3 is 24.0 Å². The van der Waals surface area contributed by atoms with Crippen molar-refractivity contribution >= 4 is 28.4 Å². The number of amides is 1. The number of fused-ring (bicyclic) bond motifs is 1. The quantitative estimate of drug-likeness (QED) is 0.633. The van der Waals surface area contributed by atoms with E-state index in [-0.39, 0.29) is 5.91 Å². The largest absolute Gasteiger partial charge is 0.378 e. The van der Waals surface area contributed by atoms with Crippen molar-refractivity contribution < 1.29 is 9.53 Å². The summed E-state index contributed by atoms with van der Waals surface area (Å²) in [5.74, 6) is 1.11. The van der Waals surface area contributed by atoms with E-state index in [0.717, 1.165) is 69.3 Å². The minimum atomic E-state index is 0.154. The lowest BCUT2D eigenvalue weighted by molar-refractivity contribution is -0.132. The summed E-state index contributed by atoms with van der Waals surface area (Å²) < 4.78 is 7.44. The summed E-state index contributed by atoms with van der Waals surface area (Å²) in [6.45, 7) is 11.0. The number of pyridine rings is 1. The Balaban J connectivity index is 1.25. The highest BCUT2D eigenvalue weighted by Gasteiger charge is 2.23. The monoisotopic (exact) mass is 433 g/mol. The SMILES string of the molecule is Cc1ccc(C)c(N2CCN(C(=O)Cn3ccc4ccc(N5CCOCC5)nc43)CC2)c1. The first-order valence-corrected chi connectivity index (χ1v) is 11.5. The standard InChI is InChI=1S/C25H31N5O2/c1-19-3-4-20(2)22(17-19)27-9-11-29(12-10-27)24(31)18-30-8-7-21-5-6-23(26-25(21)30)28-13-15-32-16-14-28/h3-8,17H,9-16,18H2,1-2H3. The van der Waals surface area contributed by atoms with Crippen LogP contribution in [0.4, 0.5) is 11.5 Å². The van der Waals surface area contributed by atoms with E-state index in [0.29, 0.717) is 6.54 Å². The van der Waals surface area contributed by atoms with Gasteiger partial charge in [-0.3, -0.25) is 4.79 Å². The number of carbonyl (C=O) groups excluding carboxylic acids is 1. The Morgan fingerprint density at radius 1 is 0.938 bits per heavy atom. The highest BCUT2D eigenvalue weighted by molar-refractivity contribution is 5.82. The first-order chi connectivity index (χ1) is 15.6. The van der Waals surface area contributed by atoms with E-state index in [1.54, 1.807) is 0 Å². The van der Waals surface area contributed by atoms with E-state index >= 15 is 0 Å². The second-order valence-corrected chi connectivity index (χ2v) is 8.78. The summed E-state index contributed by atoms with van der Waals surface area (Å²) in [5.41, 5.74) is 4.72. The lowest BCUT2D eigenvalue weighted by Crippen LogP contribution is -2.49. The second kappa shape index (κ2) is 8.82. The number of anilines is 2. The Kier molecular flexibility index (Phi) is 5.74. The number of benzene rings is 1. The summed E-state index contributed by atoms with van der Waals surface area (Å²) in [6, 6.07) is 12.8. The van der Waals surface area contributed by atoms with Crippen LogP contribution in [-0.2, 0) is 16.1 Å². The first kappa shape index (κ1) is 20.8. The minimum absolute atomic E-state index is 0.154. The molecule has 0 radical (unpaired) electrons. The van der Waals surface area contributed by atoms with Crippen LogP contribution in [0.5, 0.6) is 0 Å². The van der Waals surface area contributed by atoms with Crippen LogP contribution < -0.4 is 9.80 Å². The van der Waals surface area contributed by atoms with Gasteiger partial charge in [0.05, 0.1) is 13.2 Å². The van der Waals surface area contributed by atoms with E-state index in [1.165, 1.54) is 16.8 Å². The predicted molar refractivity (Wildman–Crippen MR) is 127 cm³/mol. The highest BCUT2D eigenvalue weighted by Crippen LogP contribution is 2.24. The molecule has 32 heavy (non-hydrogen) atoms. The van der Waals surface area contributed by atoms with Crippen molar-refractivity contribution in [2.24, 2.45) is 0 Å². The zero-order valence-electron chi connectivity index (χ0n) is 19.0. The number of piperazine rings is 1. The third-order valence-corrected chi connectivity index (χ3v) is 6.58. The van der Waals surface area contributed by atoms with Crippen LogP contribution in [-0.4, -0.2) is 72.8 Å². The number of carbonyl (C=O) groups is 1. The lowest BCUT2D eigenvalue weighted by Gasteiger charge is -2.37. The first-order valence-electron chi connectivity index (χ1n) is 11.5. The van der Waals surface area contributed by atoms with Crippen LogP contribution in [0.3, 0.4) is 0 Å². The van der Waals surface area contributed by atoms with Crippen LogP contribution in [0.15, 0.2) is 42.6 Å². The van der Waals surface area contributed by atoms with Gasteiger partial charge >= 0.3 is 0 Å². The molecule has 1 amide bonds. The topological polar surface area (TPSA) is 53.8 Å². The molecule has 0 unspecified atom stereocenters. The molecule has 7 heteroatoms. The van der Waals surface area contributed by atoms with Crippen molar-refractivity contribution in [1.82, 2.24) is 14.5 Å². The smallest absolute Gasteiger partial charge is 0.242 e. The number of ether oxygens (including phenoxy) is 1. The Morgan fingerprint density at radius 2 is 1.72 bits per heavy atom. The van der Waals surface area contributed by atoms with Crippen LogP contribution in [0.25, 0.3) is 11.0 Å². The predicted octanol–water partition coefficient (Wildman–Crippen LogP) is 2.84. The van der Waals surface area contributed by atoms with E-state index in [1.807, 2.05) is 21.7 Å². The molecule has 3 aromatic rings. The number of aryl methyl sites for hydroxylation is 2. The number of aromatic nitrogens is 2. The van der Waals surface area contributed by atoms with Crippen molar-refractivity contribution in [1.29, 1.82) is 0 Å². The van der Waals surface area contributed by atoms with Crippen LogP contribution in [0.1, 0.15) is 11.1 Å². The number of hydrogen-bond acceptors (Lipinski definition) is 5. The van der Waals surface area contributed by atoms with Gasteiger partial charge in [0.1, 0.15) is 18.0 Å². The summed E-state index contributed by atoms with van der Waals surface area (Å²) in [4.78, 5) is 24.6. The van der Waals surface area contributed by atoms with Crippen molar-refractivity contribution in [2.45, 2.75) is 20.4 Å². The average Bonchev–Trinajstić information content (AvgIpc) is 3.23. The molecule has 0 saturated carbocycles. The Labute approximate surface area is 189 Å². The molecule has 0 aliphatic carbocycles. The summed E-state index contributed by atoms with van der Waals surface area (Å²) in [6.07, 6.45) is 1.98. The van der Waals surface area contributed by atoms with Gasteiger partial charge in [0, 0.05) is 56.5 Å². The van der Waals surface area contributed by atoms with Crippen molar-refractivity contribution in [3.05, 3.63) is 53.7 Å². The normalized spacial score (nSPS) is 17.2. The molecule has 0 bridgehead atoms. The number of rotatable bonds is 4. The fourth-order valence-corrected chi connectivity index (χ4v) is 4.65. The molecule has 7 nitrogen and oxygen atoms in total. The highest BCUT2D eigenvalue weighted by atomic mass is 16.5. The average molecular weight is 434 g/mol. The third-order valence-electron chi connectivity index (χ3n) is 6.58. The van der Waals surface area contributed by atoms with Crippen LogP contribution >= 0.6 is 0 Å². The van der Waals surface area contributed by atoms with Gasteiger partial charge in [-0.2, -0.15) is 0 Å². The van der Waals surface area contributed by atoms with Gasteiger partial charge in [-0.25, -0.2) is 4.98 Å². The number of nitrogens with zero attached hydrogens (tertiary/aromatic N) is 5. The summed E-state index contributed by atoms with van der Waals surface area (Å²) >= 11 is 0. The van der Waals surface area contributed by atoms with E-state index in [4.69, 9.17) is 9.72 Å². The molecule has 2 fully saturated rings. The maximum absolute atomic E-state index is 13.1. The fraction of sp³-hybridized carbons (Fsp3) is 0.440. The molecule has 168 valence electrons. The van der Waals surface area contributed by atoms with E-state index in [9.17, 15) is 4.79 Å². The molecule has 0 atom stereocenters. The van der Waals surface area contributed by atoms with Gasteiger partial charge in [0.15, 0.2) is 0 Å². The molecular formula is C25H31N5O2. The zero-order chi connectivity index (χ0) is 22.1. The number of hydrogen-bond donors (Lipinski definition) is 0. The van der Waals surface area contributed by atoms with E-state index < -0.39 is 0 Å². The molecule has 2 saturated heterocycles. The molecule has 2 aliphatic rings. The zero-order valence-corrected chi connectivity index (χ0v) is 19.0. The molecule has 5 rings (SSSR count). The second-order valence-electron chi connectivity index (χ2n) is 8.78. The molecule has 4 heterocycles. The summed E-state index contributed by atoms with van der Waals surface area (Å²) in [7, 11) is 0. The number of morpholine rings is 1. The van der Waals surface area contributed by atoms with Crippen molar-refractivity contribution in [3.63, 3.8) is 0 Å². The molecule has 0 spiro atoms. The maximum Gasteiger partial charge on any atom is 0.242 e. The van der Waals surface area contributed by atoms with Gasteiger partial charge in [0.2, 0.25) is 5.91 Å². The van der Waals surface area contributed by atoms with Gasteiger partial charge in [-0.05, 0) is 49.2 Å². The van der Waals surface area contributed by atoms with Crippen LogP contribution in [0.2, 0.25) is 0 Å². The molecule has 0 N–H and O–H groups in total. The molecule has 1 aromatic carbocycles. The molecule has 2 aromatic heterocycles. The molecular weight excluding hydrogens is 402 g/mol. The Morgan fingerprint density at radius 3 is 2.50 bits per heavy atom. The third kappa shape index (κ3) is 4.17. The van der Waals surface area contributed by atoms with Crippen molar-refractivity contribution in [2.75, 3.05) is 62.3 Å². The van der Waals surface area contributed by atoms with Gasteiger partial charge in [-0.15, -0.1) is 0 Å². The summed E-state index contributed by atoms with van der Waals surface area (Å²) in [5, 5.41) is 1.06. The Bertz CT molecular complexity index is 1110. The van der Waals surface area contributed by atoms with Crippen LogP contribution in [0, 0.1) is 13.8 Å². The van der Waals surface area contributed by atoms with Gasteiger partial charge in [-0.1, -0.05) is 12.1 Å². The minimum Gasteiger partial charge on any atom is -0.378 e. The lowest BCUT2D eigenvalue weighted by atomic mass is 10.1. The maximum atomic E-state index is 13.1. The van der Waals surface area contributed by atoms with E-state index in [2.05, 4.69) is 54.0 Å². The molecule has 2 aliphatic heterocycles. The van der Waals surface area contributed by atoms with Gasteiger partial charge in [0.25, 0.3) is 0 Å². The Hall–Kier alpha value is -3.06. The fourth-order valence-electron chi connectivity index (χ4n) is 4.65. The van der Waals surface area contributed by atoms with Crippen molar-refractivity contribution in [3.8, 4) is 0 Å².